The van der Waals surface area contributed by atoms with E-state index in [1.165, 1.54) is 0 Å². The van der Waals surface area contributed by atoms with Gasteiger partial charge in [0.15, 0.2) is 0 Å². The van der Waals surface area contributed by atoms with Crippen molar-refractivity contribution in [3.05, 3.63) is 0 Å². The maximum Gasteiger partial charge on any atom is 0.235 e. The lowest BCUT2D eigenvalue weighted by Gasteiger charge is -2.43. The van der Waals surface area contributed by atoms with E-state index in [0.717, 1.165) is 32.4 Å². The van der Waals surface area contributed by atoms with E-state index in [1.54, 1.807) is 0 Å². The van der Waals surface area contributed by atoms with Gasteiger partial charge >= 0.3 is 0 Å². The van der Waals surface area contributed by atoms with Crippen LogP contribution in [-0.2, 0) is 4.79 Å². The fourth-order valence-corrected chi connectivity index (χ4v) is 3.14. The third-order valence-electron chi connectivity index (χ3n) is 4.35. The van der Waals surface area contributed by atoms with Gasteiger partial charge in [-0.3, -0.25) is 15.1 Å². The van der Waals surface area contributed by atoms with Crippen LogP contribution in [0.5, 0.6) is 0 Å². The Hall–Kier alpha value is -0.610. The van der Waals surface area contributed by atoms with Crippen molar-refractivity contribution in [2.75, 3.05) is 13.1 Å². The molecule has 2 heterocycles. The lowest BCUT2D eigenvalue weighted by molar-refractivity contribution is -0.121. The van der Waals surface area contributed by atoms with Crippen LogP contribution in [0.1, 0.15) is 53.4 Å². The number of piperidine rings is 1. The molecule has 1 unspecified atom stereocenters. The molecule has 1 atom stereocenters. The number of nitrogens with one attached hydrogen (secondary N) is 1. The quantitative estimate of drug-likeness (QED) is 0.814. The monoisotopic (exact) mass is 253 g/mol. The summed E-state index contributed by atoms with van der Waals surface area (Å²) >= 11 is 0. The molecule has 2 fully saturated rings. The van der Waals surface area contributed by atoms with Crippen LogP contribution in [0.25, 0.3) is 0 Å². The Kier molecular flexibility index (Phi) is 3.97. The summed E-state index contributed by atoms with van der Waals surface area (Å²) < 4.78 is 0. The van der Waals surface area contributed by atoms with Crippen LogP contribution < -0.4 is 5.43 Å². The molecule has 2 aliphatic rings. The molecule has 0 saturated carbocycles. The fraction of sp³-hybridized carbons (Fsp3) is 0.929. The highest BCUT2D eigenvalue weighted by Crippen LogP contribution is 2.26. The molecule has 4 nitrogen and oxygen atoms in total. The van der Waals surface area contributed by atoms with E-state index in [2.05, 4.69) is 43.0 Å². The zero-order valence-corrected chi connectivity index (χ0v) is 12.2. The zero-order chi connectivity index (χ0) is 13.3. The zero-order valence-electron chi connectivity index (χ0n) is 12.2. The molecular formula is C14H27N3O. The van der Waals surface area contributed by atoms with Crippen molar-refractivity contribution in [2.24, 2.45) is 0 Å². The molecule has 0 radical (unpaired) electrons. The Balaban J connectivity index is 1.91. The van der Waals surface area contributed by atoms with Crippen molar-refractivity contribution in [1.82, 2.24) is 15.3 Å². The second-order valence-corrected chi connectivity index (χ2v) is 6.60. The Morgan fingerprint density at radius 1 is 1.28 bits per heavy atom. The van der Waals surface area contributed by atoms with E-state index < -0.39 is 0 Å². The van der Waals surface area contributed by atoms with Crippen LogP contribution in [0.4, 0.5) is 0 Å². The van der Waals surface area contributed by atoms with E-state index >= 15 is 0 Å². The molecular weight excluding hydrogens is 226 g/mol. The van der Waals surface area contributed by atoms with Gasteiger partial charge in [0.2, 0.25) is 5.91 Å². The molecule has 0 spiro atoms. The average molecular weight is 253 g/mol. The molecule has 0 bridgehead atoms. The lowest BCUT2D eigenvalue weighted by Crippen LogP contribution is -2.54. The van der Waals surface area contributed by atoms with Crippen LogP contribution in [0.2, 0.25) is 0 Å². The van der Waals surface area contributed by atoms with Gasteiger partial charge in [-0.05, 0) is 40.0 Å². The molecule has 0 aromatic carbocycles. The molecule has 0 aromatic rings. The van der Waals surface area contributed by atoms with Crippen LogP contribution in [0.15, 0.2) is 0 Å². The number of hydrogen-bond donors (Lipinski definition) is 1. The van der Waals surface area contributed by atoms with Gasteiger partial charge in [-0.25, -0.2) is 5.01 Å². The number of nitrogens with zero attached hydrogens (tertiary/aromatic N) is 2. The van der Waals surface area contributed by atoms with Gasteiger partial charge < -0.3 is 0 Å². The van der Waals surface area contributed by atoms with Crippen LogP contribution in [-0.4, -0.2) is 46.5 Å². The van der Waals surface area contributed by atoms with Gasteiger partial charge in [-0.1, -0.05) is 6.92 Å². The van der Waals surface area contributed by atoms with Gasteiger partial charge in [-0.15, -0.1) is 0 Å². The molecule has 18 heavy (non-hydrogen) atoms. The average Bonchev–Trinajstić information content (AvgIpc) is 2.69. The van der Waals surface area contributed by atoms with Crippen molar-refractivity contribution in [2.45, 2.75) is 71.0 Å². The van der Waals surface area contributed by atoms with E-state index in [0.29, 0.717) is 18.5 Å². The highest BCUT2D eigenvalue weighted by Gasteiger charge is 2.37. The van der Waals surface area contributed by atoms with Crippen LogP contribution in [0, 0.1) is 0 Å². The van der Waals surface area contributed by atoms with Crippen molar-refractivity contribution >= 4 is 5.91 Å². The summed E-state index contributed by atoms with van der Waals surface area (Å²) in [6, 6.07) is 0.934. The summed E-state index contributed by atoms with van der Waals surface area (Å²) in [6.07, 6.45) is 4.05. The minimum atomic E-state index is 0.195. The van der Waals surface area contributed by atoms with E-state index in [4.69, 9.17) is 0 Å². The SMILES string of the molecule is CCC1CC(=O)NN1C1CCN(C(C)(C)C)CC1. The van der Waals surface area contributed by atoms with Crippen molar-refractivity contribution < 1.29 is 4.79 Å². The normalized spacial score (nSPS) is 28.7. The highest BCUT2D eigenvalue weighted by atomic mass is 16.2. The molecule has 2 saturated heterocycles. The van der Waals surface area contributed by atoms with Crippen LogP contribution in [0.3, 0.4) is 0 Å². The summed E-state index contributed by atoms with van der Waals surface area (Å²) in [5, 5.41) is 2.24. The second kappa shape index (κ2) is 5.17. The summed E-state index contributed by atoms with van der Waals surface area (Å²) in [5.41, 5.74) is 3.32. The van der Waals surface area contributed by atoms with Crippen molar-refractivity contribution in [1.29, 1.82) is 0 Å². The predicted molar refractivity (Wildman–Crippen MR) is 73.0 cm³/mol. The standard InChI is InChI=1S/C14H27N3O/c1-5-11-10-13(18)15-17(11)12-6-8-16(9-7-12)14(2,3)4/h11-12H,5-10H2,1-4H3,(H,15,18). The largest absolute Gasteiger partial charge is 0.298 e. The first kappa shape index (κ1) is 13.8. The minimum absolute atomic E-state index is 0.195. The fourth-order valence-electron chi connectivity index (χ4n) is 3.14. The third kappa shape index (κ3) is 2.86. The molecule has 0 aliphatic carbocycles. The van der Waals surface area contributed by atoms with Crippen LogP contribution >= 0.6 is 0 Å². The number of carbonyl (C=O) groups is 1. The van der Waals surface area contributed by atoms with Crippen molar-refractivity contribution in [3.8, 4) is 0 Å². The van der Waals surface area contributed by atoms with Gasteiger partial charge in [0.05, 0.1) is 0 Å². The first-order valence-electron chi connectivity index (χ1n) is 7.24. The first-order valence-corrected chi connectivity index (χ1v) is 7.24. The summed E-state index contributed by atoms with van der Waals surface area (Å²) in [7, 11) is 0. The molecule has 2 rings (SSSR count). The molecule has 0 aromatic heterocycles. The number of hydrogen-bond acceptors (Lipinski definition) is 3. The Labute approximate surface area is 111 Å². The second-order valence-electron chi connectivity index (χ2n) is 6.60. The number of hydrazine groups is 1. The Bertz CT molecular complexity index is 303. The number of likely N-dealkylation sites (tertiary alicyclic amines) is 1. The van der Waals surface area contributed by atoms with Crippen molar-refractivity contribution in [3.63, 3.8) is 0 Å². The number of carbonyl (C=O) groups excluding carboxylic acids is 1. The van der Waals surface area contributed by atoms with Gasteiger partial charge in [-0.2, -0.15) is 0 Å². The topological polar surface area (TPSA) is 35.6 Å². The predicted octanol–water partition coefficient (Wildman–Crippen LogP) is 1.76. The molecule has 1 N–H and O–H groups in total. The molecule has 1 amide bonds. The Morgan fingerprint density at radius 3 is 2.39 bits per heavy atom. The molecule has 4 heteroatoms. The smallest absolute Gasteiger partial charge is 0.235 e. The number of amides is 1. The first-order chi connectivity index (χ1) is 8.41. The molecule has 2 aliphatic heterocycles. The van der Waals surface area contributed by atoms with Gasteiger partial charge in [0, 0.05) is 37.1 Å². The number of rotatable bonds is 2. The van der Waals surface area contributed by atoms with E-state index in [1.807, 2.05) is 0 Å². The third-order valence-corrected chi connectivity index (χ3v) is 4.35. The van der Waals surface area contributed by atoms with Gasteiger partial charge in [0.25, 0.3) is 0 Å². The van der Waals surface area contributed by atoms with E-state index in [9.17, 15) is 4.79 Å². The molecule has 104 valence electrons. The maximum atomic E-state index is 11.5. The summed E-state index contributed by atoms with van der Waals surface area (Å²) in [5.74, 6) is 0.195. The van der Waals surface area contributed by atoms with Gasteiger partial charge in [0.1, 0.15) is 0 Å². The maximum absolute atomic E-state index is 11.5. The highest BCUT2D eigenvalue weighted by molar-refractivity contribution is 5.78. The minimum Gasteiger partial charge on any atom is -0.298 e. The summed E-state index contributed by atoms with van der Waals surface area (Å²) in [6.45, 7) is 11.3. The lowest BCUT2D eigenvalue weighted by atomic mass is 9.97. The van der Waals surface area contributed by atoms with E-state index in [-0.39, 0.29) is 11.4 Å². The summed E-state index contributed by atoms with van der Waals surface area (Å²) in [4.78, 5) is 14.1. The Morgan fingerprint density at radius 2 is 1.89 bits per heavy atom.